The Bertz CT molecular complexity index is 520. The van der Waals surface area contributed by atoms with Gasteiger partial charge in [-0.3, -0.25) is 0 Å². The van der Waals surface area contributed by atoms with Gasteiger partial charge < -0.3 is 4.90 Å². The summed E-state index contributed by atoms with van der Waals surface area (Å²) in [6.07, 6.45) is 2.38. The molecule has 0 unspecified atom stereocenters. The van der Waals surface area contributed by atoms with Crippen LogP contribution in [0.5, 0.6) is 0 Å². The van der Waals surface area contributed by atoms with Crippen LogP contribution in [0.4, 0.5) is 0 Å². The molecular formula is C22H31N. The molecule has 0 spiro atoms. The van der Waals surface area contributed by atoms with Gasteiger partial charge in [0, 0.05) is 12.5 Å². The lowest BCUT2D eigenvalue weighted by Gasteiger charge is -2.30. The van der Waals surface area contributed by atoms with Gasteiger partial charge in [0.1, 0.15) is 0 Å². The first-order valence-electron chi connectivity index (χ1n) is 8.80. The molecule has 0 saturated heterocycles. The molecule has 0 radical (unpaired) electrons. The largest absolute Gasteiger partial charge is 0.306 e. The van der Waals surface area contributed by atoms with Crippen molar-refractivity contribution in [3.05, 3.63) is 71.8 Å². The Balaban J connectivity index is 2.08. The number of hydrogen-bond acceptors (Lipinski definition) is 1. The lowest BCUT2D eigenvalue weighted by atomic mass is 9.87. The van der Waals surface area contributed by atoms with Gasteiger partial charge in [0.15, 0.2) is 0 Å². The fourth-order valence-corrected chi connectivity index (χ4v) is 3.17. The van der Waals surface area contributed by atoms with Gasteiger partial charge in [-0.25, -0.2) is 0 Å². The minimum atomic E-state index is 0.393. The van der Waals surface area contributed by atoms with E-state index in [1.165, 1.54) is 17.5 Å². The maximum absolute atomic E-state index is 2.49. The number of rotatable bonds is 8. The summed E-state index contributed by atoms with van der Waals surface area (Å²) in [6.45, 7) is 9.27. The SMILES string of the molecule is CCC(C)(C)CN(C)CCC(c1ccccc1)c1ccccc1. The zero-order valence-electron chi connectivity index (χ0n) is 15.1. The van der Waals surface area contributed by atoms with Gasteiger partial charge in [-0.05, 0) is 43.0 Å². The second kappa shape index (κ2) is 8.31. The molecule has 0 aromatic heterocycles. The first kappa shape index (κ1) is 17.7. The van der Waals surface area contributed by atoms with E-state index in [-0.39, 0.29) is 0 Å². The van der Waals surface area contributed by atoms with Crippen LogP contribution in [0, 0.1) is 5.41 Å². The van der Waals surface area contributed by atoms with Crippen molar-refractivity contribution in [3.63, 3.8) is 0 Å². The third-order valence-corrected chi connectivity index (χ3v) is 4.86. The number of benzene rings is 2. The van der Waals surface area contributed by atoms with Gasteiger partial charge in [0.05, 0.1) is 0 Å². The van der Waals surface area contributed by atoms with Gasteiger partial charge >= 0.3 is 0 Å². The predicted molar refractivity (Wildman–Crippen MR) is 101 cm³/mol. The molecule has 0 N–H and O–H groups in total. The first-order chi connectivity index (χ1) is 11.0. The standard InChI is InChI=1S/C22H31N/c1-5-22(2,3)18-23(4)17-16-21(19-12-8-6-9-13-19)20-14-10-7-11-15-20/h6-15,21H,5,16-18H2,1-4H3. The van der Waals surface area contributed by atoms with Crippen LogP contribution in [-0.2, 0) is 0 Å². The second-order valence-electron chi connectivity index (χ2n) is 7.42. The molecule has 2 aromatic carbocycles. The Morgan fingerprint density at radius 2 is 1.35 bits per heavy atom. The zero-order chi connectivity index (χ0) is 16.7. The quantitative estimate of drug-likeness (QED) is 0.615. The Labute approximate surface area is 142 Å². The topological polar surface area (TPSA) is 3.24 Å². The minimum absolute atomic E-state index is 0.393. The molecule has 0 aliphatic heterocycles. The second-order valence-corrected chi connectivity index (χ2v) is 7.42. The minimum Gasteiger partial charge on any atom is -0.306 e. The van der Waals surface area contributed by atoms with Gasteiger partial charge in [-0.15, -0.1) is 0 Å². The molecule has 23 heavy (non-hydrogen) atoms. The highest BCUT2D eigenvalue weighted by molar-refractivity contribution is 5.32. The maximum atomic E-state index is 2.49. The van der Waals surface area contributed by atoms with E-state index in [0.717, 1.165) is 19.5 Å². The lowest BCUT2D eigenvalue weighted by molar-refractivity contribution is 0.200. The summed E-state index contributed by atoms with van der Waals surface area (Å²) in [6, 6.07) is 21.8. The monoisotopic (exact) mass is 309 g/mol. The zero-order valence-corrected chi connectivity index (χ0v) is 15.1. The van der Waals surface area contributed by atoms with E-state index in [1.54, 1.807) is 0 Å². The number of hydrogen-bond donors (Lipinski definition) is 0. The summed E-state index contributed by atoms with van der Waals surface area (Å²) in [5.41, 5.74) is 3.23. The van der Waals surface area contributed by atoms with Crippen molar-refractivity contribution in [2.75, 3.05) is 20.1 Å². The first-order valence-corrected chi connectivity index (χ1v) is 8.80. The van der Waals surface area contributed by atoms with Gasteiger partial charge in [0.25, 0.3) is 0 Å². The van der Waals surface area contributed by atoms with Crippen LogP contribution < -0.4 is 0 Å². The molecule has 0 atom stereocenters. The Morgan fingerprint density at radius 1 is 0.870 bits per heavy atom. The lowest BCUT2D eigenvalue weighted by Crippen LogP contribution is -2.32. The highest BCUT2D eigenvalue weighted by atomic mass is 15.1. The molecular weight excluding hydrogens is 278 g/mol. The van der Waals surface area contributed by atoms with Crippen LogP contribution in [0.15, 0.2) is 60.7 Å². The molecule has 0 amide bonds. The highest BCUT2D eigenvalue weighted by Crippen LogP contribution is 2.28. The van der Waals surface area contributed by atoms with Gasteiger partial charge in [0.2, 0.25) is 0 Å². The summed E-state index contributed by atoms with van der Waals surface area (Å²) < 4.78 is 0. The van der Waals surface area contributed by atoms with Crippen LogP contribution in [0.3, 0.4) is 0 Å². The average molecular weight is 309 g/mol. The van der Waals surface area contributed by atoms with E-state index in [4.69, 9.17) is 0 Å². The fraction of sp³-hybridized carbons (Fsp3) is 0.455. The maximum Gasteiger partial charge on any atom is 0.0101 e. The van der Waals surface area contributed by atoms with Crippen LogP contribution in [-0.4, -0.2) is 25.0 Å². The summed E-state index contributed by atoms with van der Waals surface area (Å²) >= 11 is 0. The van der Waals surface area contributed by atoms with Crippen molar-refractivity contribution in [2.24, 2.45) is 5.41 Å². The van der Waals surface area contributed by atoms with Gasteiger partial charge in [-0.2, -0.15) is 0 Å². The third kappa shape index (κ3) is 5.51. The highest BCUT2D eigenvalue weighted by Gasteiger charge is 2.19. The Kier molecular flexibility index (Phi) is 6.41. The van der Waals surface area contributed by atoms with Gasteiger partial charge in [-0.1, -0.05) is 81.4 Å². The molecule has 124 valence electrons. The van der Waals surface area contributed by atoms with E-state index >= 15 is 0 Å². The molecule has 0 heterocycles. The Hall–Kier alpha value is -1.60. The van der Waals surface area contributed by atoms with Crippen molar-refractivity contribution in [1.29, 1.82) is 0 Å². The van der Waals surface area contributed by atoms with Crippen molar-refractivity contribution in [3.8, 4) is 0 Å². The van der Waals surface area contributed by atoms with Crippen LogP contribution in [0.25, 0.3) is 0 Å². The smallest absolute Gasteiger partial charge is 0.0101 e. The summed E-state index contributed by atoms with van der Waals surface area (Å²) in [7, 11) is 2.25. The van der Waals surface area contributed by atoms with E-state index in [1.807, 2.05) is 0 Å². The van der Waals surface area contributed by atoms with E-state index in [9.17, 15) is 0 Å². The molecule has 0 fully saturated rings. The summed E-state index contributed by atoms with van der Waals surface area (Å²) in [5, 5.41) is 0. The predicted octanol–water partition coefficient (Wildman–Crippen LogP) is 5.58. The van der Waals surface area contributed by atoms with Crippen molar-refractivity contribution >= 4 is 0 Å². The summed E-state index contributed by atoms with van der Waals surface area (Å²) in [5.74, 6) is 0.476. The average Bonchev–Trinajstić information content (AvgIpc) is 2.56. The molecule has 0 bridgehead atoms. The molecule has 0 aliphatic rings. The third-order valence-electron chi connectivity index (χ3n) is 4.86. The molecule has 2 aromatic rings. The fourth-order valence-electron chi connectivity index (χ4n) is 3.17. The normalized spacial score (nSPS) is 12.1. The van der Waals surface area contributed by atoms with E-state index in [0.29, 0.717) is 11.3 Å². The van der Waals surface area contributed by atoms with Crippen LogP contribution >= 0.6 is 0 Å². The number of nitrogens with zero attached hydrogens (tertiary/aromatic N) is 1. The molecule has 0 saturated carbocycles. The molecule has 1 nitrogen and oxygen atoms in total. The van der Waals surface area contributed by atoms with Crippen molar-refractivity contribution in [2.45, 2.75) is 39.5 Å². The van der Waals surface area contributed by atoms with Crippen molar-refractivity contribution < 1.29 is 0 Å². The Morgan fingerprint density at radius 3 is 1.78 bits per heavy atom. The van der Waals surface area contributed by atoms with Crippen molar-refractivity contribution in [1.82, 2.24) is 4.90 Å². The molecule has 2 rings (SSSR count). The molecule has 0 aliphatic carbocycles. The van der Waals surface area contributed by atoms with E-state index in [2.05, 4.69) is 93.4 Å². The van der Waals surface area contributed by atoms with Crippen LogP contribution in [0.1, 0.15) is 50.7 Å². The van der Waals surface area contributed by atoms with Crippen LogP contribution in [0.2, 0.25) is 0 Å². The molecule has 1 heteroatoms. The van der Waals surface area contributed by atoms with E-state index < -0.39 is 0 Å². The summed E-state index contributed by atoms with van der Waals surface area (Å²) in [4.78, 5) is 2.49.